The predicted octanol–water partition coefficient (Wildman–Crippen LogP) is 1.17. The molecule has 0 spiro atoms. The van der Waals surface area contributed by atoms with Crippen LogP contribution in [0.1, 0.15) is 26.7 Å². The number of nitrogens with zero attached hydrogens (tertiary/aromatic N) is 1. The van der Waals surface area contributed by atoms with Crippen molar-refractivity contribution in [1.82, 2.24) is 0 Å². The number of hydrogen-bond donors (Lipinski definition) is 1. The zero-order chi connectivity index (χ0) is 7.82. The SMILES string of the molecule is CCO/N=C(\C)CCCO. The molecule has 0 aromatic rings. The molecule has 0 aliphatic carbocycles. The molecule has 1 N–H and O–H groups in total. The Kier molecular flexibility index (Phi) is 6.18. The molecular formula is C7H15NO2. The van der Waals surface area contributed by atoms with Gasteiger partial charge in [-0.05, 0) is 26.7 Å². The molecule has 3 nitrogen and oxygen atoms in total. The summed E-state index contributed by atoms with van der Waals surface area (Å²) in [6.07, 6.45) is 1.58. The Hall–Kier alpha value is -0.570. The van der Waals surface area contributed by atoms with Gasteiger partial charge in [-0.15, -0.1) is 0 Å². The summed E-state index contributed by atoms with van der Waals surface area (Å²) in [4.78, 5) is 4.80. The zero-order valence-electron chi connectivity index (χ0n) is 6.63. The molecule has 0 aliphatic rings. The van der Waals surface area contributed by atoms with E-state index in [4.69, 9.17) is 9.94 Å². The third-order valence-electron chi connectivity index (χ3n) is 1.05. The lowest BCUT2D eigenvalue weighted by atomic mass is 10.2. The maximum atomic E-state index is 8.44. The molecule has 60 valence electrons. The summed E-state index contributed by atoms with van der Waals surface area (Å²) in [5.41, 5.74) is 0.941. The smallest absolute Gasteiger partial charge is 0.114 e. The van der Waals surface area contributed by atoms with E-state index in [-0.39, 0.29) is 6.61 Å². The van der Waals surface area contributed by atoms with Gasteiger partial charge in [-0.3, -0.25) is 0 Å². The van der Waals surface area contributed by atoms with E-state index in [1.807, 2.05) is 13.8 Å². The highest BCUT2D eigenvalue weighted by Crippen LogP contribution is 1.91. The summed E-state index contributed by atoms with van der Waals surface area (Å²) in [5.74, 6) is 0. The fraction of sp³-hybridized carbons (Fsp3) is 0.857. The maximum absolute atomic E-state index is 8.44. The number of aliphatic hydroxyl groups is 1. The van der Waals surface area contributed by atoms with Gasteiger partial charge >= 0.3 is 0 Å². The van der Waals surface area contributed by atoms with Gasteiger partial charge in [-0.1, -0.05) is 5.16 Å². The Morgan fingerprint density at radius 1 is 1.60 bits per heavy atom. The van der Waals surface area contributed by atoms with Gasteiger partial charge in [0.05, 0.1) is 5.71 Å². The number of aliphatic hydroxyl groups excluding tert-OH is 1. The van der Waals surface area contributed by atoms with Gasteiger partial charge in [-0.25, -0.2) is 0 Å². The van der Waals surface area contributed by atoms with Gasteiger partial charge in [0.2, 0.25) is 0 Å². The summed E-state index contributed by atoms with van der Waals surface area (Å²) in [6, 6.07) is 0. The molecule has 0 rings (SSSR count). The van der Waals surface area contributed by atoms with Crippen LogP contribution in [0.5, 0.6) is 0 Å². The molecule has 0 heterocycles. The number of hydrogen-bond acceptors (Lipinski definition) is 3. The van der Waals surface area contributed by atoms with Crippen molar-refractivity contribution >= 4 is 5.71 Å². The van der Waals surface area contributed by atoms with Gasteiger partial charge in [0.15, 0.2) is 0 Å². The van der Waals surface area contributed by atoms with Crippen LogP contribution in [0.2, 0.25) is 0 Å². The summed E-state index contributed by atoms with van der Waals surface area (Å²) in [5, 5.41) is 12.2. The quantitative estimate of drug-likeness (QED) is 0.466. The molecule has 3 heteroatoms. The van der Waals surface area contributed by atoms with Crippen LogP contribution in [0.15, 0.2) is 5.16 Å². The lowest BCUT2D eigenvalue weighted by Gasteiger charge is -1.97. The van der Waals surface area contributed by atoms with Crippen molar-refractivity contribution in [3.63, 3.8) is 0 Å². The normalized spacial score (nSPS) is 11.7. The van der Waals surface area contributed by atoms with Crippen LogP contribution in [-0.2, 0) is 4.84 Å². The summed E-state index contributed by atoms with van der Waals surface area (Å²) >= 11 is 0. The van der Waals surface area contributed by atoms with E-state index in [0.717, 1.165) is 18.6 Å². The summed E-state index contributed by atoms with van der Waals surface area (Å²) in [7, 11) is 0. The maximum Gasteiger partial charge on any atom is 0.114 e. The first-order valence-electron chi connectivity index (χ1n) is 3.57. The number of oxime groups is 1. The minimum absolute atomic E-state index is 0.221. The highest BCUT2D eigenvalue weighted by Gasteiger charge is 1.90. The van der Waals surface area contributed by atoms with E-state index >= 15 is 0 Å². The average molecular weight is 145 g/mol. The van der Waals surface area contributed by atoms with Gasteiger partial charge in [0, 0.05) is 6.61 Å². The van der Waals surface area contributed by atoms with E-state index in [9.17, 15) is 0 Å². The second-order valence-electron chi connectivity index (χ2n) is 2.07. The molecule has 0 fully saturated rings. The van der Waals surface area contributed by atoms with Crippen molar-refractivity contribution in [2.75, 3.05) is 13.2 Å². The highest BCUT2D eigenvalue weighted by molar-refractivity contribution is 5.81. The van der Waals surface area contributed by atoms with E-state index < -0.39 is 0 Å². The monoisotopic (exact) mass is 145 g/mol. The fourth-order valence-corrected chi connectivity index (χ4v) is 0.555. The van der Waals surface area contributed by atoms with Crippen molar-refractivity contribution < 1.29 is 9.94 Å². The van der Waals surface area contributed by atoms with Gasteiger partial charge < -0.3 is 9.94 Å². The fourth-order valence-electron chi connectivity index (χ4n) is 0.555. The van der Waals surface area contributed by atoms with E-state index in [0.29, 0.717) is 6.61 Å². The molecule has 0 radical (unpaired) electrons. The van der Waals surface area contributed by atoms with Crippen LogP contribution >= 0.6 is 0 Å². The Morgan fingerprint density at radius 2 is 2.30 bits per heavy atom. The van der Waals surface area contributed by atoms with Crippen LogP contribution in [0.4, 0.5) is 0 Å². The van der Waals surface area contributed by atoms with Crippen LogP contribution < -0.4 is 0 Å². The molecule has 10 heavy (non-hydrogen) atoms. The van der Waals surface area contributed by atoms with Gasteiger partial charge in [-0.2, -0.15) is 0 Å². The van der Waals surface area contributed by atoms with Gasteiger partial charge in [0.1, 0.15) is 6.61 Å². The van der Waals surface area contributed by atoms with E-state index in [1.165, 1.54) is 0 Å². The molecule has 0 unspecified atom stereocenters. The third kappa shape index (κ3) is 5.56. The van der Waals surface area contributed by atoms with Crippen molar-refractivity contribution in [3.8, 4) is 0 Å². The summed E-state index contributed by atoms with van der Waals surface area (Å²) < 4.78 is 0. The second kappa shape index (κ2) is 6.55. The Bertz CT molecular complexity index is 102. The first-order chi connectivity index (χ1) is 4.81. The Morgan fingerprint density at radius 3 is 2.80 bits per heavy atom. The molecule has 0 bridgehead atoms. The molecule has 0 aliphatic heterocycles. The largest absolute Gasteiger partial charge is 0.396 e. The Balaban J connectivity index is 3.30. The lowest BCUT2D eigenvalue weighted by Crippen LogP contribution is -1.95. The van der Waals surface area contributed by atoms with Crippen LogP contribution in [0.3, 0.4) is 0 Å². The zero-order valence-corrected chi connectivity index (χ0v) is 6.63. The molecular weight excluding hydrogens is 130 g/mol. The molecule has 0 amide bonds. The standard InChI is InChI=1S/C7H15NO2/c1-3-10-8-7(2)5-4-6-9/h9H,3-6H2,1-2H3/b8-7+. The van der Waals surface area contributed by atoms with Crippen LogP contribution in [0.25, 0.3) is 0 Å². The molecule has 0 saturated heterocycles. The van der Waals surface area contributed by atoms with E-state index in [1.54, 1.807) is 0 Å². The van der Waals surface area contributed by atoms with Crippen LogP contribution in [-0.4, -0.2) is 24.0 Å². The minimum atomic E-state index is 0.221. The lowest BCUT2D eigenvalue weighted by molar-refractivity contribution is 0.157. The number of rotatable bonds is 5. The van der Waals surface area contributed by atoms with Crippen molar-refractivity contribution in [2.45, 2.75) is 26.7 Å². The predicted molar refractivity (Wildman–Crippen MR) is 41.1 cm³/mol. The third-order valence-corrected chi connectivity index (χ3v) is 1.05. The Labute approximate surface area is 61.7 Å². The van der Waals surface area contributed by atoms with E-state index in [2.05, 4.69) is 5.16 Å². The first-order valence-corrected chi connectivity index (χ1v) is 3.57. The molecule has 0 aromatic carbocycles. The second-order valence-corrected chi connectivity index (χ2v) is 2.07. The van der Waals surface area contributed by atoms with Crippen molar-refractivity contribution in [1.29, 1.82) is 0 Å². The van der Waals surface area contributed by atoms with Crippen LogP contribution in [0, 0.1) is 0 Å². The van der Waals surface area contributed by atoms with Crippen molar-refractivity contribution in [2.24, 2.45) is 5.16 Å². The minimum Gasteiger partial charge on any atom is -0.396 e. The van der Waals surface area contributed by atoms with Crippen molar-refractivity contribution in [3.05, 3.63) is 0 Å². The molecule has 0 saturated carbocycles. The summed E-state index contributed by atoms with van der Waals surface area (Å²) in [6.45, 7) is 4.61. The molecule has 0 atom stereocenters. The molecule has 0 aromatic heterocycles. The first kappa shape index (κ1) is 9.43. The highest BCUT2D eigenvalue weighted by atomic mass is 16.6. The topological polar surface area (TPSA) is 41.8 Å². The average Bonchev–Trinajstić information content (AvgIpc) is 1.97. The van der Waals surface area contributed by atoms with Gasteiger partial charge in [0.25, 0.3) is 0 Å².